The molecule has 0 radical (unpaired) electrons. The lowest BCUT2D eigenvalue weighted by molar-refractivity contribution is 0.471. The predicted octanol–water partition coefficient (Wildman–Crippen LogP) is 1.65. The summed E-state index contributed by atoms with van der Waals surface area (Å²) in [5.74, 6) is 0.727. The lowest BCUT2D eigenvalue weighted by Gasteiger charge is -2.11. The van der Waals surface area contributed by atoms with E-state index in [4.69, 9.17) is 5.73 Å². The van der Waals surface area contributed by atoms with E-state index < -0.39 is 0 Å². The molecule has 1 atom stereocenters. The number of hydrogen-bond donors (Lipinski definition) is 2. The molecule has 0 bridgehead atoms. The maximum absolute atomic E-state index is 5.47. The number of nitrogens with one attached hydrogen (secondary N) is 1. The highest BCUT2D eigenvalue weighted by Crippen LogP contribution is 2.05. The van der Waals surface area contributed by atoms with Crippen LogP contribution >= 0.6 is 11.3 Å². The standard InChI is InChI=1S/C11H21N3S/c1-10(3-2-5-12)9-13-6-4-11-14-7-8-15-11/h7-8,10,13H,2-6,9,12H2,1H3. The minimum absolute atomic E-state index is 0.727. The van der Waals surface area contributed by atoms with E-state index in [9.17, 15) is 0 Å². The number of nitrogens with zero attached hydrogens (tertiary/aromatic N) is 1. The summed E-state index contributed by atoms with van der Waals surface area (Å²) in [6, 6.07) is 0. The van der Waals surface area contributed by atoms with Gasteiger partial charge >= 0.3 is 0 Å². The molecule has 0 aliphatic rings. The van der Waals surface area contributed by atoms with E-state index in [2.05, 4.69) is 17.2 Å². The molecule has 0 spiro atoms. The van der Waals surface area contributed by atoms with E-state index in [1.165, 1.54) is 11.4 Å². The van der Waals surface area contributed by atoms with Crippen LogP contribution in [0.4, 0.5) is 0 Å². The Bertz CT molecular complexity index is 236. The second-order valence-electron chi connectivity index (χ2n) is 3.92. The van der Waals surface area contributed by atoms with E-state index in [-0.39, 0.29) is 0 Å². The fourth-order valence-corrected chi connectivity index (χ4v) is 2.11. The molecule has 3 N–H and O–H groups in total. The van der Waals surface area contributed by atoms with Gasteiger partial charge in [0.2, 0.25) is 0 Å². The fraction of sp³-hybridized carbons (Fsp3) is 0.727. The summed E-state index contributed by atoms with van der Waals surface area (Å²) < 4.78 is 0. The molecule has 0 saturated heterocycles. The second-order valence-corrected chi connectivity index (χ2v) is 4.90. The average molecular weight is 227 g/mol. The smallest absolute Gasteiger partial charge is 0.0937 e. The summed E-state index contributed by atoms with van der Waals surface area (Å²) in [6.45, 7) is 5.20. The van der Waals surface area contributed by atoms with Crippen LogP contribution in [0.2, 0.25) is 0 Å². The third kappa shape index (κ3) is 5.87. The van der Waals surface area contributed by atoms with Crippen molar-refractivity contribution in [1.82, 2.24) is 10.3 Å². The van der Waals surface area contributed by atoms with Gasteiger partial charge < -0.3 is 11.1 Å². The molecule has 3 nitrogen and oxygen atoms in total. The molecule has 1 unspecified atom stereocenters. The van der Waals surface area contributed by atoms with Gasteiger partial charge in [-0.15, -0.1) is 11.3 Å². The SMILES string of the molecule is CC(CCCN)CNCCc1nccs1. The largest absolute Gasteiger partial charge is 0.330 e. The van der Waals surface area contributed by atoms with Gasteiger partial charge in [-0.3, -0.25) is 0 Å². The Hall–Kier alpha value is -0.450. The summed E-state index contributed by atoms with van der Waals surface area (Å²) >= 11 is 1.73. The van der Waals surface area contributed by atoms with Gasteiger partial charge in [0.15, 0.2) is 0 Å². The van der Waals surface area contributed by atoms with Gasteiger partial charge in [-0.1, -0.05) is 6.92 Å². The zero-order valence-corrected chi connectivity index (χ0v) is 10.2. The maximum atomic E-state index is 5.47. The van der Waals surface area contributed by atoms with Gasteiger partial charge in [0.25, 0.3) is 0 Å². The molecule has 0 fully saturated rings. The minimum atomic E-state index is 0.727. The maximum Gasteiger partial charge on any atom is 0.0937 e. The van der Waals surface area contributed by atoms with Crippen LogP contribution < -0.4 is 11.1 Å². The first-order valence-electron chi connectivity index (χ1n) is 5.62. The Morgan fingerprint density at radius 2 is 2.47 bits per heavy atom. The summed E-state index contributed by atoms with van der Waals surface area (Å²) in [6.07, 6.45) is 5.27. The van der Waals surface area contributed by atoms with Crippen LogP contribution in [-0.2, 0) is 6.42 Å². The van der Waals surface area contributed by atoms with E-state index in [1.54, 1.807) is 11.3 Å². The minimum Gasteiger partial charge on any atom is -0.330 e. The molecule has 0 aromatic carbocycles. The quantitative estimate of drug-likeness (QED) is 0.664. The first-order valence-corrected chi connectivity index (χ1v) is 6.50. The molecule has 86 valence electrons. The van der Waals surface area contributed by atoms with Crippen LogP contribution in [-0.4, -0.2) is 24.6 Å². The van der Waals surface area contributed by atoms with Gasteiger partial charge in [-0.25, -0.2) is 4.98 Å². The zero-order valence-electron chi connectivity index (χ0n) is 9.41. The summed E-state index contributed by atoms with van der Waals surface area (Å²) in [5.41, 5.74) is 5.47. The van der Waals surface area contributed by atoms with Crippen molar-refractivity contribution in [3.63, 3.8) is 0 Å². The molecule has 1 heterocycles. The van der Waals surface area contributed by atoms with E-state index in [0.29, 0.717) is 0 Å². The molecule has 15 heavy (non-hydrogen) atoms. The predicted molar refractivity (Wildman–Crippen MR) is 66.1 cm³/mol. The van der Waals surface area contributed by atoms with Crippen LogP contribution in [0.3, 0.4) is 0 Å². The van der Waals surface area contributed by atoms with Crippen molar-refractivity contribution in [2.75, 3.05) is 19.6 Å². The monoisotopic (exact) mass is 227 g/mol. The van der Waals surface area contributed by atoms with E-state index in [0.717, 1.165) is 38.4 Å². The van der Waals surface area contributed by atoms with Crippen molar-refractivity contribution < 1.29 is 0 Å². The molecule has 0 aliphatic heterocycles. The molecule has 0 amide bonds. The lowest BCUT2D eigenvalue weighted by Crippen LogP contribution is -2.23. The first-order chi connectivity index (χ1) is 7.33. The second kappa shape index (κ2) is 7.79. The van der Waals surface area contributed by atoms with Crippen molar-refractivity contribution in [2.24, 2.45) is 11.7 Å². The Morgan fingerprint density at radius 3 is 3.13 bits per heavy atom. The summed E-state index contributed by atoms with van der Waals surface area (Å²) in [5, 5.41) is 6.70. The molecule has 0 aliphatic carbocycles. The lowest BCUT2D eigenvalue weighted by atomic mass is 10.1. The van der Waals surface area contributed by atoms with E-state index >= 15 is 0 Å². The van der Waals surface area contributed by atoms with Gasteiger partial charge in [0.1, 0.15) is 0 Å². The number of aromatic nitrogens is 1. The molecule has 0 saturated carbocycles. The molecule has 1 aromatic heterocycles. The Morgan fingerprint density at radius 1 is 1.60 bits per heavy atom. The number of hydrogen-bond acceptors (Lipinski definition) is 4. The van der Waals surface area contributed by atoms with Crippen LogP contribution in [0.5, 0.6) is 0 Å². The highest BCUT2D eigenvalue weighted by atomic mass is 32.1. The molecule has 4 heteroatoms. The van der Waals surface area contributed by atoms with Gasteiger partial charge in [-0.2, -0.15) is 0 Å². The number of nitrogens with two attached hydrogens (primary N) is 1. The normalized spacial score (nSPS) is 12.9. The molecular formula is C11H21N3S. The number of rotatable bonds is 8. The topological polar surface area (TPSA) is 50.9 Å². The van der Waals surface area contributed by atoms with Crippen molar-refractivity contribution in [3.05, 3.63) is 16.6 Å². The first kappa shape index (κ1) is 12.6. The third-order valence-electron chi connectivity index (χ3n) is 2.39. The molecular weight excluding hydrogens is 206 g/mol. The van der Waals surface area contributed by atoms with E-state index in [1.807, 2.05) is 11.6 Å². The molecule has 1 rings (SSSR count). The van der Waals surface area contributed by atoms with Crippen molar-refractivity contribution in [2.45, 2.75) is 26.2 Å². The van der Waals surface area contributed by atoms with Gasteiger partial charge in [0.05, 0.1) is 5.01 Å². The van der Waals surface area contributed by atoms with Crippen LogP contribution in [0.15, 0.2) is 11.6 Å². The fourth-order valence-electron chi connectivity index (χ4n) is 1.49. The zero-order chi connectivity index (χ0) is 10.9. The Kier molecular flexibility index (Phi) is 6.55. The summed E-state index contributed by atoms with van der Waals surface area (Å²) in [4.78, 5) is 4.24. The Labute approximate surface area is 96.1 Å². The Balaban J connectivity index is 1.97. The summed E-state index contributed by atoms with van der Waals surface area (Å²) in [7, 11) is 0. The highest BCUT2D eigenvalue weighted by molar-refractivity contribution is 7.09. The van der Waals surface area contributed by atoms with Crippen molar-refractivity contribution in [1.29, 1.82) is 0 Å². The van der Waals surface area contributed by atoms with Crippen LogP contribution in [0.1, 0.15) is 24.8 Å². The highest BCUT2D eigenvalue weighted by Gasteiger charge is 2.01. The number of thiazole rings is 1. The average Bonchev–Trinajstić information content (AvgIpc) is 2.74. The van der Waals surface area contributed by atoms with Gasteiger partial charge in [0, 0.05) is 24.5 Å². The van der Waals surface area contributed by atoms with Gasteiger partial charge in [-0.05, 0) is 31.8 Å². The van der Waals surface area contributed by atoms with Crippen LogP contribution in [0, 0.1) is 5.92 Å². The van der Waals surface area contributed by atoms with Crippen molar-refractivity contribution in [3.8, 4) is 0 Å². The molecule has 1 aromatic rings. The third-order valence-corrected chi connectivity index (χ3v) is 3.23. The van der Waals surface area contributed by atoms with Crippen LogP contribution in [0.25, 0.3) is 0 Å². The van der Waals surface area contributed by atoms with Crippen molar-refractivity contribution >= 4 is 11.3 Å².